The molecule has 0 unspecified atom stereocenters. The summed E-state index contributed by atoms with van der Waals surface area (Å²) in [7, 11) is -3.23. The van der Waals surface area contributed by atoms with Crippen molar-refractivity contribution in [2.45, 2.75) is 24.7 Å². The zero-order valence-electron chi connectivity index (χ0n) is 11.9. The van der Waals surface area contributed by atoms with Crippen LogP contribution in [-0.2, 0) is 20.3 Å². The molecule has 0 amide bonds. The molecule has 1 aromatic heterocycles. The maximum Gasteiger partial charge on any atom is 0.158 e. The third kappa shape index (κ3) is 3.91. The normalized spacial score (nSPS) is 18.7. The largest absolute Gasteiger partial charge is 0.377 e. The van der Waals surface area contributed by atoms with Crippen molar-refractivity contribution in [1.29, 1.82) is 0 Å². The summed E-state index contributed by atoms with van der Waals surface area (Å²) in [6.07, 6.45) is 1.54. The van der Waals surface area contributed by atoms with Crippen molar-refractivity contribution >= 4 is 21.2 Å². The zero-order valence-corrected chi connectivity index (χ0v) is 13.5. The van der Waals surface area contributed by atoms with Gasteiger partial charge in [-0.05, 0) is 37.1 Å². The molecule has 2 heterocycles. The van der Waals surface area contributed by atoms with Gasteiger partial charge in [-0.1, -0.05) is 0 Å². The van der Waals surface area contributed by atoms with Crippen LogP contribution in [0.5, 0.6) is 0 Å². The summed E-state index contributed by atoms with van der Waals surface area (Å²) in [6.45, 7) is 0.644. The maximum absolute atomic E-state index is 12.9. The number of halogens is 1. The smallest absolute Gasteiger partial charge is 0.158 e. The number of rotatable bonds is 5. The van der Waals surface area contributed by atoms with Gasteiger partial charge < -0.3 is 4.74 Å². The van der Waals surface area contributed by atoms with Gasteiger partial charge in [-0.2, -0.15) is 0 Å². The van der Waals surface area contributed by atoms with Gasteiger partial charge in [0.05, 0.1) is 23.3 Å². The molecule has 7 heteroatoms. The molecule has 0 saturated carbocycles. The molecular formula is C15H16FNO3S2. The van der Waals surface area contributed by atoms with Gasteiger partial charge in [0.2, 0.25) is 0 Å². The van der Waals surface area contributed by atoms with Crippen LogP contribution in [0.3, 0.4) is 0 Å². The fourth-order valence-electron chi connectivity index (χ4n) is 2.44. The Hall–Kier alpha value is -1.31. The minimum absolute atomic E-state index is 0.0520. The van der Waals surface area contributed by atoms with Crippen LogP contribution in [0.15, 0.2) is 29.6 Å². The summed E-state index contributed by atoms with van der Waals surface area (Å²) >= 11 is 1.36. The predicted molar refractivity (Wildman–Crippen MR) is 84.0 cm³/mol. The molecule has 0 spiro atoms. The molecule has 0 aliphatic carbocycles. The Kier molecular flexibility index (Phi) is 4.56. The number of sulfone groups is 1. The summed E-state index contributed by atoms with van der Waals surface area (Å²) < 4.78 is 42.7. The van der Waals surface area contributed by atoms with Crippen LogP contribution in [0.1, 0.15) is 18.5 Å². The van der Waals surface area contributed by atoms with Crippen LogP contribution < -0.4 is 0 Å². The first-order valence-corrected chi connectivity index (χ1v) is 9.74. The van der Waals surface area contributed by atoms with E-state index in [0.29, 0.717) is 17.3 Å². The van der Waals surface area contributed by atoms with Gasteiger partial charge in [-0.3, -0.25) is 0 Å². The molecule has 1 fully saturated rings. The number of thiazole rings is 1. The highest BCUT2D eigenvalue weighted by molar-refractivity contribution is 7.90. The van der Waals surface area contributed by atoms with Crippen molar-refractivity contribution in [2.75, 3.05) is 12.4 Å². The quantitative estimate of drug-likeness (QED) is 0.839. The summed E-state index contributed by atoms with van der Waals surface area (Å²) in [5, 5.41) is 2.44. The van der Waals surface area contributed by atoms with Crippen molar-refractivity contribution in [3.8, 4) is 10.6 Å². The highest BCUT2D eigenvalue weighted by Gasteiger charge is 2.24. The van der Waals surface area contributed by atoms with Crippen molar-refractivity contribution in [3.63, 3.8) is 0 Å². The van der Waals surface area contributed by atoms with Crippen LogP contribution >= 0.6 is 11.3 Å². The number of hydrogen-bond donors (Lipinski definition) is 0. The third-order valence-electron chi connectivity index (χ3n) is 3.47. The van der Waals surface area contributed by atoms with Crippen LogP contribution in [0.25, 0.3) is 10.6 Å². The molecule has 1 aliphatic heterocycles. The Bertz CT molecular complexity index is 734. The maximum atomic E-state index is 12.9. The summed E-state index contributed by atoms with van der Waals surface area (Å²) in [6, 6.07) is 6.01. The number of hydrogen-bond acceptors (Lipinski definition) is 5. The highest BCUT2D eigenvalue weighted by Crippen LogP contribution is 2.25. The fraction of sp³-hybridized carbons (Fsp3) is 0.400. The molecule has 22 heavy (non-hydrogen) atoms. The Labute approximate surface area is 132 Å². The molecular weight excluding hydrogens is 325 g/mol. The number of aromatic nitrogens is 1. The predicted octanol–water partition coefficient (Wildman–Crippen LogP) is 3.04. The Morgan fingerprint density at radius 3 is 2.77 bits per heavy atom. The second kappa shape index (κ2) is 6.44. The summed E-state index contributed by atoms with van der Waals surface area (Å²) in [5.41, 5.74) is 1.32. The van der Waals surface area contributed by atoms with E-state index < -0.39 is 9.84 Å². The van der Waals surface area contributed by atoms with E-state index in [0.717, 1.165) is 18.4 Å². The first-order chi connectivity index (χ1) is 10.5. The summed E-state index contributed by atoms with van der Waals surface area (Å²) in [5.74, 6) is -0.333. The van der Waals surface area contributed by atoms with E-state index in [-0.39, 0.29) is 23.4 Å². The molecule has 118 valence electrons. The molecule has 3 rings (SSSR count). The van der Waals surface area contributed by atoms with E-state index in [9.17, 15) is 12.8 Å². The monoisotopic (exact) mass is 341 g/mol. The van der Waals surface area contributed by atoms with E-state index in [1.807, 2.05) is 0 Å². The van der Waals surface area contributed by atoms with E-state index in [4.69, 9.17) is 4.74 Å². The second-order valence-corrected chi connectivity index (χ2v) is 8.31. The highest BCUT2D eigenvalue weighted by atomic mass is 32.2. The average Bonchev–Trinajstić information content (AvgIpc) is 3.10. The van der Waals surface area contributed by atoms with E-state index in [2.05, 4.69) is 4.98 Å². The first-order valence-electron chi connectivity index (χ1n) is 7.04. The van der Waals surface area contributed by atoms with Gasteiger partial charge in [0.25, 0.3) is 0 Å². The molecule has 4 nitrogen and oxygen atoms in total. The lowest BCUT2D eigenvalue weighted by Gasteiger charge is -2.08. The topological polar surface area (TPSA) is 56.3 Å². The van der Waals surface area contributed by atoms with Crippen molar-refractivity contribution in [1.82, 2.24) is 4.98 Å². The number of ether oxygens (including phenoxy) is 1. The van der Waals surface area contributed by atoms with Gasteiger partial charge >= 0.3 is 0 Å². The first kappa shape index (κ1) is 15.6. The Morgan fingerprint density at radius 2 is 2.09 bits per heavy atom. The van der Waals surface area contributed by atoms with Crippen molar-refractivity contribution in [3.05, 3.63) is 41.2 Å². The van der Waals surface area contributed by atoms with Crippen LogP contribution in [0, 0.1) is 5.82 Å². The van der Waals surface area contributed by atoms with Crippen molar-refractivity contribution < 1.29 is 17.5 Å². The van der Waals surface area contributed by atoms with Crippen LogP contribution in [-0.4, -0.2) is 31.9 Å². The minimum atomic E-state index is -3.23. The Balaban J connectivity index is 1.69. The molecule has 1 atom stereocenters. The van der Waals surface area contributed by atoms with Gasteiger partial charge in [-0.15, -0.1) is 11.3 Å². The van der Waals surface area contributed by atoms with Gasteiger partial charge in [-0.25, -0.2) is 17.8 Å². The summed E-state index contributed by atoms with van der Waals surface area (Å²) in [4.78, 5) is 4.35. The SMILES string of the molecule is O=S(=O)(Cc1csc(-c2ccc(F)cc2)n1)C[C@@H]1CCCO1. The molecule has 2 aromatic rings. The molecule has 1 aromatic carbocycles. The molecule has 0 bridgehead atoms. The van der Waals surface area contributed by atoms with Crippen molar-refractivity contribution in [2.24, 2.45) is 0 Å². The zero-order chi connectivity index (χ0) is 15.6. The average molecular weight is 341 g/mol. The van der Waals surface area contributed by atoms with Crippen LogP contribution in [0.4, 0.5) is 4.39 Å². The lowest BCUT2D eigenvalue weighted by molar-refractivity contribution is 0.127. The lowest BCUT2D eigenvalue weighted by atomic mass is 10.2. The van der Waals surface area contributed by atoms with E-state index in [1.54, 1.807) is 17.5 Å². The van der Waals surface area contributed by atoms with Gasteiger partial charge in [0.1, 0.15) is 10.8 Å². The molecule has 1 aliphatic rings. The van der Waals surface area contributed by atoms with Crippen LogP contribution in [0.2, 0.25) is 0 Å². The minimum Gasteiger partial charge on any atom is -0.377 e. The standard InChI is InChI=1S/C15H16FNO3S2/c16-12-5-3-11(4-6-12)15-17-13(8-21-15)9-22(18,19)10-14-2-1-7-20-14/h3-6,8,14H,1-2,7,9-10H2/t14-/m0/s1. The van der Waals surface area contributed by atoms with Gasteiger partial charge in [0, 0.05) is 17.6 Å². The lowest BCUT2D eigenvalue weighted by Crippen LogP contribution is -2.21. The Morgan fingerprint density at radius 1 is 1.32 bits per heavy atom. The van der Waals surface area contributed by atoms with E-state index >= 15 is 0 Å². The van der Waals surface area contributed by atoms with E-state index in [1.165, 1.54) is 23.5 Å². The van der Waals surface area contributed by atoms with Gasteiger partial charge in [0.15, 0.2) is 9.84 Å². The number of benzene rings is 1. The molecule has 0 N–H and O–H groups in total. The molecule has 0 radical (unpaired) electrons. The second-order valence-electron chi connectivity index (χ2n) is 5.34. The third-order valence-corrected chi connectivity index (χ3v) is 6.03. The number of nitrogens with zero attached hydrogens (tertiary/aromatic N) is 1. The molecule has 1 saturated heterocycles. The fourth-order valence-corrected chi connectivity index (χ4v) is 4.92.